The molecular formula is C28H32N2O6. The highest BCUT2D eigenvalue weighted by Gasteiger charge is 2.44. The van der Waals surface area contributed by atoms with Gasteiger partial charge in [-0.2, -0.15) is 0 Å². The molecule has 2 saturated heterocycles. The number of Topliss-reactive ketones (excluding diaryl/α,β-unsaturated/α-hetero) is 1. The molecular weight excluding hydrogens is 460 g/mol. The lowest BCUT2D eigenvalue weighted by atomic mass is 9.93. The van der Waals surface area contributed by atoms with Gasteiger partial charge in [0.15, 0.2) is 11.5 Å². The van der Waals surface area contributed by atoms with Crippen molar-refractivity contribution in [1.29, 1.82) is 0 Å². The standard InChI is InChI=1S/C28H32N2O6/c1-18(2)19-3-5-20(6-4-19)25-24(26(31)21-7-8-22-23(17-21)36-16-15-35-22)27(32)28(33)30(25)10-9-29-11-13-34-14-12-29/h3-8,17-18,25,31H,9-16H2,1-2H3. The van der Waals surface area contributed by atoms with Crippen LogP contribution in [0.25, 0.3) is 5.76 Å². The van der Waals surface area contributed by atoms with E-state index in [2.05, 4.69) is 13.8 Å². The van der Waals surface area contributed by atoms with E-state index < -0.39 is 23.5 Å². The van der Waals surface area contributed by atoms with E-state index in [-0.39, 0.29) is 5.57 Å². The van der Waals surface area contributed by atoms with Gasteiger partial charge >= 0.3 is 0 Å². The number of likely N-dealkylation sites (tertiary alicyclic amines) is 1. The van der Waals surface area contributed by atoms with E-state index in [1.165, 1.54) is 4.90 Å². The van der Waals surface area contributed by atoms with Crippen LogP contribution in [0.1, 0.15) is 42.5 Å². The van der Waals surface area contributed by atoms with Crippen LogP contribution >= 0.6 is 0 Å². The molecule has 190 valence electrons. The molecule has 8 heteroatoms. The normalized spacial score (nSPS) is 21.9. The highest BCUT2D eigenvalue weighted by atomic mass is 16.6. The first-order valence-electron chi connectivity index (χ1n) is 12.6. The molecule has 0 spiro atoms. The summed E-state index contributed by atoms with van der Waals surface area (Å²) >= 11 is 0. The Kier molecular flexibility index (Phi) is 6.98. The zero-order valence-corrected chi connectivity index (χ0v) is 20.7. The van der Waals surface area contributed by atoms with Crippen LogP contribution in [-0.4, -0.2) is 69.2 Å². The molecule has 8 nitrogen and oxygen atoms in total. The molecule has 3 aliphatic heterocycles. The SMILES string of the molecule is CC(C)c1ccc(C2C(=C([O-])c3ccc4c(c3)OCCO4)C(=O)C(=O)N2CC[NH+]2CCOCC2)cc1. The molecule has 1 N–H and O–H groups in total. The minimum absolute atomic E-state index is 0.00838. The van der Waals surface area contributed by atoms with Gasteiger partial charge in [0, 0.05) is 5.57 Å². The van der Waals surface area contributed by atoms with E-state index >= 15 is 0 Å². The lowest BCUT2D eigenvalue weighted by Gasteiger charge is -2.30. The molecule has 0 radical (unpaired) electrons. The molecule has 5 rings (SSSR count). The second-order valence-corrected chi connectivity index (χ2v) is 9.77. The van der Waals surface area contributed by atoms with E-state index in [0.717, 1.165) is 24.2 Å². The third kappa shape index (κ3) is 4.70. The highest BCUT2D eigenvalue weighted by Crippen LogP contribution is 2.40. The Morgan fingerprint density at radius 1 is 1.00 bits per heavy atom. The number of quaternary nitrogens is 1. The van der Waals surface area contributed by atoms with Crippen molar-refractivity contribution in [1.82, 2.24) is 4.90 Å². The molecule has 0 aliphatic carbocycles. The molecule has 2 aromatic carbocycles. The molecule has 3 heterocycles. The van der Waals surface area contributed by atoms with Crippen molar-refractivity contribution in [3.63, 3.8) is 0 Å². The summed E-state index contributed by atoms with van der Waals surface area (Å²) in [4.78, 5) is 29.4. The predicted molar refractivity (Wildman–Crippen MR) is 131 cm³/mol. The van der Waals surface area contributed by atoms with E-state index in [9.17, 15) is 14.7 Å². The molecule has 1 atom stereocenters. The van der Waals surface area contributed by atoms with Crippen LogP contribution in [0.15, 0.2) is 48.0 Å². The molecule has 2 fully saturated rings. The minimum atomic E-state index is -0.732. The van der Waals surface area contributed by atoms with Gasteiger partial charge in [0.1, 0.15) is 26.3 Å². The Bertz CT molecular complexity index is 1170. The van der Waals surface area contributed by atoms with E-state index in [4.69, 9.17) is 14.2 Å². The molecule has 3 aliphatic rings. The number of benzene rings is 2. The molecule has 0 saturated carbocycles. The van der Waals surface area contributed by atoms with Crippen molar-refractivity contribution in [3.8, 4) is 11.5 Å². The lowest BCUT2D eigenvalue weighted by Crippen LogP contribution is -3.14. The van der Waals surface area contributed by atoms with Crippen molar-refractivity contribution in [2.45, 2.75) is 25.8 Å². The maximum absolute atomic E-state index is 13.7. The number of fused-ring (bicyclic) bond motifs is 1. The summed E-state index contributed by atoms with van der Waals surface area (Å²) < 4.78 is 16.6. The van der Waals surface area contributed by atoms with E-state index in [1.807, 2.05) is 24.3 Å². The van der Waals surface area contributed by atoms with Gasteiger partial charge in [-0.25, -0.2) is 0 Å². The lowest BCUT2D eigenvalue weighted by molar-refractivity contribution is -0.907. The number of amides is 1. The fourth-order valence-electron chi connectivity index (χ4n) is 5.04. The number of hydrogen-bond acceptors (Lipinski definition) is 6. The number of morpholine rings is 1. The van der Waals surface area contributed by atoms with Crippen molar-refractivity contribution < 1.29 is 33.8 Å². The number of nitrogens with zero attached hydrogens (tertiary/aromatic N) is 1. The second-order valence-electron chi connectivity index (χ2n) is 9.77. The largest absolute Gasteiger partial charge is 0.872 e. The highest BCUT2D eigenvalue weighted by molar-refractivity contribution is 6.46. The van der Waals surface area contributed by atoms with Crippen molar-refractivity contribution in [3.05, 3.63) is 64.7 Å². The van der Waals surface area contributed by atoms with E-state index in [1.54, 1.807) is 23.1 Å². The topological polar surface area (TPSA) is 92.6 Å². The molecule has 36 heavy (non-hydrogen) atoms. The van der Waals surface area contributed by atoms with Gasteiger partial charge in [0.25, 0.3) is 5.91 Å². The Hall–Kier alpha value is -3.36. The zero-order valence-electron chi connectivity index (χ0n) is 20.7. The maximum Gasteiger partial charge on any atom is 0.295 e. The number of hydrogen-bond donors (Lipinski definition) is 1. The number of carbonyl (C=O) groups is 2. The first-order valence-corrected chi connectivity index (χ1v) is 12.6. The van der Waals surface area contributed by atoms with Crippen LogP contribution < -0.4 is 19.5 Å². The smallest absolute Gasteiger partial charge is 0.295 e. The summed E-state index contributed by atoms with van der Waals surface area (Å²) in [6.07, 6.45) is 0. The molecule has 1 amide bonds. The van der Waals surface area contributed by atoms with Crippen molar-refractivity contribution >= 4 is 17.4 Å². The first-order chi connectivity index (χ1) is 17.4. The van der Waals surface area contributed by atoms with E-state index in [0.29, 0.717) is 62.5 Å². The molecule has 0 aromatic heterocycles. The van der Waals surface area contributed by atoms with Gasteiger partial charge < -0.3 is 29.1 Å². The van der Waals surface area contributed by atoms with Gasteiger partial charge in [-0.1, -0.05) is 49.9 Å². The van der Waals surface area contributed by atoms with Crippen LogP contribution in [-0.2, 0) is 14.3 Å². The van der Waals surface area contributed by atoms with Gasteiger partial charge in [0.2, 0.25) is 5.78 Å². The minimum Gasteiger partial charge on any atom is -0.872 e. The Morgan fingerprint density at radius 2 is 1.69 bits per heavy atom. The Morgan fingerprint density at radius 3 is 2.39 bits per heavy atom. The van der Waals surface area contributed by atoms with Crippen LogP contribution in [0.2, 0.25) is 0 Å². The Labute approximate surface area is 211 Å². The summed E-state index contributed by atoms with van der Waals surface area (Å²) in [5.74, 6) is -0.437. The summed E-state index contributed by atoms with van der Waals surface area (Å²) in [7, 11) is 0. The summed E-state index contributed by atoms with van der Waals surface area (Å²) in [5, 5.41) is 13.7. The maximum atomic E-state index is 13.7. The number of ether oxygens (including phenoxy) is 3. The number of nitrogens with one attached hydrogen (secondary N) is 1. The van der Waals surface area contributed by atoms with Crippen molar-refractivity contribution in [2.24, 2.45) is 0 Å². The third-order valence-electron chi connectivity index (χ3n) is 7.16. The first kappa shape index (κ1) is 24.3. The van der Waals surface area contributed by atoms with Crippen molar-refractivity contribution in [2.75, 3.05) is 52.6 Å². The van der Waals surface area contributed by atoms with Gasteiger partial charge in [-0.15, -0.1) is 0 Å². The van der Waals surface area contributed by atoms with Gasteiger partial charge in [0.05, 0.1) is 32.3 Å². The monoisotopic (exact) mass is 492 g/mol. The van der Waals surface area contributed by atoms with Gasteiger partial charge in [-0.05, 0) is 34.7 Å². The predicted octanol–water partition coefficient (Wildman–Crippen LogP) is 0.720. The van der Waals surface area contributed by atoms with Crippen LogP contribution in [0.5, 0.6) is 11.5 Å². The van der Waals surface area contributed by atoms with Crippen LogP contribution in [0.4, 0.5) is 0 Å². The van der Waals surface area contributed by atoms with Crippen LogP contribution in [0, 0.1) is 0 Å². The summed E-state index contributed by atoms with van der Waals surface area (Å²) in [5.41, 5.74) is 2.21. The molecule has 1 unspecified atom stereocenters. The van der Waals surface area contributed by atoms with Crippen LogP contribution in [0.3, 0.4) is 0 Å². The zero-order chi connectivity index (χ0) is 25.2. The number of rotatable bonds is 6. The Balaban J connectivity index is 1.53. The number of carbonyl (C=O) groups excluding carboxylic acids is 2. The summed E-state index contributed by atoms with van der Waals surface area (Å²) in [6.45, 7) is 9.20. The summed E-state index contributed by atoms with van der Waals surface area (Å²) in [6, 6.07) is 12.0. The quantitative estimate of drug-likeness (QED) is 0.363. The second kappa shape index (κ2) is 10.3. The fourth-order valence-corrected chi connectivity index (χ4v) is 5.04. The average Bonchev–Trinajstić information content (AvgIpc) is 3.16. The molecule has 2 aromatic rings. The number of ketones is 1. The fraction of sp³-hybridized carbons (Fsp3) is 0.429. The molecule has 0 bridgehead atoms. The average molecular weight is 493 g/mol. The van der Waals surface area contributed by atoms with Gasteiger partial charge in [-0.3, -0.25) is 9.59 Å². The third-order valence-corrected chi connectivity index (χ3v) is 7.16.